The van der Waals surface area contributed by atoms with Crippen molar-refractivity contribution in [3.63, 3.8) is 0 Å². The third-order valence-electron chi connectivity index (χ3n) is 9.76. The van der Waals surface area contributed by atoms with E-state index in [0.717, 1.165) is 28.7 Å². The SMILES string of the molecule is CCC[C@H]1N(C(=O)c2cnccc2C(F)(F)F)CCC[C@@]1(Oc1csc(C(F)(F)F)c1)C(=O)N1CCC(O)(c2ccccc2OCCCC(C)=O)CC1. The van der Waals surface area contributed by atoms with Gasteiger partial charge in [-0.15, -0.1) is 11.3 Å². The molecule has 9 nitrogen and oxygen atoms in total. The Morgan fingerprint density at radius 2 is 1.74 bits per heavy atom. The molecule has 0 bridgehead atoms. The normalized spacial score (nSPS) is 20.6. The molecular formula is C37H41F6N3O6S. The maximum Gasteiger partial charge on any atom is 0.425 e. The fraction of sp³-hybridized carbons (Fsp3) is 0.514. The Morgan fingerprint density at radius 3 is 2.38 bits per heavy atom. The first-order chi connectivity index (χ1) is 25.0. The minimum absolute atomic E-state index is 0.00975. The Hall–Kier alpha value is -4.18. The Balaban J connectivity index is 1.48. The number of amides is 2. The number of carbonyl (C=O) groups excluding carboxylic acids is 3. The largest absolute Gasteiger partial charge is 0.493 e. The van der Waals surface area contributed by atoms with Crippen molar-refractivity contribution in [2.24, 2.45) is 0 Å². The van der Waals surface area contributed by atoms with Gasteiger partial charge in [0, 0.05) is 61.9 Å². The van der Waals surface area contributed by atoms with Gasteiger partial charge in [0.05, 0.1) is 29.4 Å². The second-order valence-electron chi connectivity index (χ2n) is 13.4. The van der Waals surface area contributed by atoms with E-state index < -0.39 is 57.4 Å². The molecule has 0 saturated carbocycles. The first-order valence-corrected chi connectivity index (χ1v) is 18.3. The van der Waals surface area contributed by atoms with Crippen LogP contribution in [0, 0.1) is 0 Å². The zero-order chi connectivity index (χ0) is 38.6. The monoisotopic (exact) mass is 769 g/mol. The smallest absolute Gasteiger partial charge is 0.425 e. The van der Waals surface area contributed by atoms with E-state index in [1.807, 2.05) is 0 Å². The number of halogens is 6. The number of aromatic nitrogens is 1. The summed E-state index contributed by atoms with van der Waals surface area (Å²) in [5.41, 5.74) is -4.83. The molecule has 0 aliphatic carbocycles. The van der Waals surface area contributed by atoms with Crippen LogP contribution in [0.2, 0.25) is 0 Å². The molecule has 0 unspecified atom stereocenters. The lowest BCUT2D eigenvalue weighted by Gasteiger charge is -2.51. The third kappa shape index (κ3) is 8.80. The van der Waals surface area contributed by atoms with Crippen LogP contribution in [-0.4, -0.2) is 75.4 Å². The molecule has 2 fully saturated rings. The predicted molar refractivity (Wildman–Crippen MR) is 182 cm³/mol. The number of ether oxygens (including phenoxy) is 2. The highest BCUT2D eigenvalue weighted by Gasteiger charge is 2.56. The Kier molecular flexibility index (Phi) is 12.1. The summed E-state index contributed by atoms with van der Waals surface area (Å²) in [5.74, 6) is -1.49. The number of pyridine rings is 1. The van der Waals surface area contributed by atoms with Crippen LogP contribution in [0.5, 0.6) is 11.5 Å². The molecule has 2 atom stereocenters. The summed E-state index contributed by atoms with van der Waals surface area (Å²) >= 11 is 0.371. The molecule has 4 heterocycles. The maximum atomic E-state index is 14.9. The van der Waals surface area contributed by atoms with Gasteiger partial charge in [-0.05, 0) is 51.2 Å². The quantitative estimate of drug-likeness (QED) is 0.149. The van der Waals surface area contributed by atoms with Crippen LogP contribution < -0.4 is 9.47 Å². The molecule has 3 aromatic rings. The van der Waals surface area contributed by atoms with Gasteiger partial charge in [0.15, 0.2) is 0 Å². The standard InChI is InChI=1S/C37H41F6N3O6S/c1-3-8-30-35(52-25-21-31(53-23-25)37(41,42)43,13-7-17-46(30)32(48)26-22-44-16-12-27(26)36(38,39)40)33(49)45-18-14-34(50,15-19-45)28-10-4-5-11-29(28)51-20-6-9-24(2)47/h4-5,10-12,16,21-23,30,50H,3,6-9,13-15,17-20H2,1-2H3/t30-,35+/m1/s1. The number of thiophene rings is 1. The highest BCUT2D eigenvalue weighted by atomic mass is 32.1. The zero-order valence-corrected chi connectivity index (χ0v) is 30.1. The summed E-state index contributed by atoms with van der Waals surface area (Å²) in [7, 11) is 0. The minimum Gasteiger partial charge on any atom is -0.493 e. The van der Waals surface area contributed by atoms with E-state index >= 15 is 0 Å². The zero-order valence-electron chi connectivity index (χ0n) is 29.3. The molecule has 0 spiro atoms. The van der Waals surface area contributed by atoms with Crippen molar-refractivity contribution < 1.29 is 55.3 Å². The summed E-state index contributed by atoms with van der Waals surface area (Å²) in [6, 6.07) is 7.20. The van der Waals surface area contributed by atoms with Crippen molar-refractivity contribution in [3.8, 4) is 11.5 Å². The van der Waals surface area contributed by atoms with Gasteiger partial charge in [-0.25, -0.2) is 0 Å². The van der Waals surface area contributed by atoms with Crippen LogP contribution in [0.1, 0.15) is 91.6 Å². The van der Waals surface area contributed by atoms with Crippen LogP contribution in [0.25, 0.3) is 0 Å². The van der Waals surface area contributed by atoms with Gasteiger partial charge in [0.1, 0.15) is 22.2 Å². The van der Waals surface area contributed by atoms with E-state index in [2.05, 4.69) is 4.98 Å². The van der Waals surface area contributed by atoms with E-state index in [1.54, 1.807) is 31.2 Å². The number of likely N-dealkylation sites (tertiary alicyclic amines) is 2. The van der Waals surface area contributed by atoms with Crippen LogP contribution in [0.3, 0.4) is 0 Å². The van der Waals surface area contributed by atoms with Gasteiger partial charge < -0.3 is 29.2 Å². The lowest BCUT2D eigenvalue weighted by molar-refractivity contribution is -0.163. The molecule has 1 N–H and O–H groups in total. The summed E-state index contributed by atoms with van der Waals surface area (Å²) in [6.07, 6.45) is -6.43. The maximum absolute atomic E-state index is 14.9. The summed E-state index contributed by atoms with van der Waals surface area (Å²) in [5, 5.41) is 13.0. The summed E-state index contributed by atoms with van der Waals surface area (Å²) < 4.78 is 95.3. The van der Waals surface area contributed by atoms with Crippen LogP contribution in [-0.2, 0) is 27.5 Å². The predicted octanol–water partition coefficient (Wildman–Crippen LogP) is 7.66. The van der Waals surface area contributed by atoms with Crippen molar-refractivity contribution in [2.75, 3.05) is 26.2 Å². The van der Waals surface area contributed by atoms with Gasteiger partial charge in [-0.2, -0.15) is 26.3 Å². The fourth-order valence-corrected chi connectivity index (χ4v) is 7.88. The lowest BCUT2D eigenvalue weighted by atomic mass is 9.78. The summed E-state index contributed by atoms with van der Waals surface area (Å²) in [6.45, 7) is 3.43. The number of para-hydroxylation sites is 1. The number of piperidine rings is 2. The number of alkyl halides is 6. The number of benzene rings is 1. The van der Waals surface area contributed by atoms with E-state index in [1.165, 1.54) is 11.8 Å². The lowest BCUT2D eigenvalue weighted by Crippen LogP contribution is -2.68. The second kappa shape index (κ2) is 16.0. The van der Waals surface area contributed by atoms with Gasteiger partial charge in [0.2, 0.25) is 5.60 Å². The number of aliphatic hydroxyl groups is 1. The molecule has 2 aliphatic rings. The molecule has 1 aromatic carbocycles. The number of hydrogen-bond donors (Lipinski definition) is 1. The minimum atomic E-state index is -4.89. The number of nitrogens with zero attached hydrogens (tertiary/aromatic N) is 3. The molecule has 2 saturated heterocycles. The van der Waals surface area contributed by atoms with Crippen LogP contribution in [0.15, 0.2) is 54.2 Å². The van der Waals surface area contributed by atoms with Crippen molar-refractivity contribution >= 4 is 28.9 Å². The van der Waals surface area contributed by atoms with E-state index in [9.17, 15) is 45.8 Å². The highest BCUT2D eigenvalue weighted by molar-refractivity contribution is 7.10. The molecule has 0 radical (unpaired) electrons. The van der Waals surface area contributed by atoms with E-state index in [-0.39, 0.29) is 69.9 Å². The van der Waals surface area contributed by atoms with Crippen LogP contribution in [0.4, 0.5) is 26.3 Å². The third-order valence-corrected chi connectivity index (χ3v) is 10.7. The molecule has 2 aliphatic heterocycles. The van der Waals surface area contributed by atoms with E-state index in [0.29, 0.717) is 48.0 Å². The Bertz CT molecular complexity index is 1770. The van der Waals surface area contributed by atoms with Crippen molar-refractivity contribution in [2.45, 2.75) is 94.8 Å². The van der Waals surface area contributed by atoms with Gasteiger partial charge >= 0.3 is 12.4 Å². The molecule has 288 valence electrons. The molecule has 53 heavy (non-hydrogen) atoms. The number of carbonyl (C=O) groups is 3. The Labute approximate surface area is 306 Å². The molecule has 16 heteroatoms. The van der Waals surface area contributed by atoms with E-state index in [4.69, 9.17) is 9.47 Å². The number of hydrogen-bond acceptors (Lipinski definition) is 8. The topological polar surface area (TPSA) is 109 Å². The van der Waals surface area contributed by atoms with Crippen molar-refractivity contribution in [1.29, 1.82) is 0 Å². The van der Waals surface area contributed by atoms with Crippen molar-refractivity contribution in [3.05, 3.63) is 75.7 Å². The average molecular weight is 770 g/mol. The molecule has 2 aromatic heterocycles. The Morgan fingerprint density at radius 1 is 1.02 bits per heavy atom. The molecule has 2 amide bonds. The first-order valence-electron chi connectivity index (χ1n) is 17.4. The molecule has 5 rings (SSSR count). The van der Waals surface area contributed by atoms with Gasteiger partial charge in [-0.3, -0.25) is 14.6 Å². The second-order valence-corrected chi connectivity index (χ2v) is 14.3. The van der Waals surface area contributed by atoms with Crippen molar-refractivity contribution in [1.82, 2.24) is 14.8 Å². The fourth-order valence-electron chi connectivity index (χ4n) is 7.20. The number of Topliss-reactive ketones (excluding diaryl/α,β-unsaturated/α-hetero) is 1. The number of ketones is 1. The highest BCUT2D eigenvalue weighted by Crippen LogP contribution is 2.44. The van der Waals surface area contributed by atoms with Crippen LogP contribution >= 0.6 is 11.3 Å². The van der Waals surface area contributed by atoms with Gasteiger partial charge in [-0.1, -0.05) is 31.5 Å². The first kappa shape index (κ1) is 40.0. The van der Waals surface area contributed by atoms with Gasteiger partial charge in [0.25, 0.3) is 11.8 Å². The molecular weight excluding hydrogens is 728 g/mol. The number of rotatable bonds is 12. The summed E-state index contributed by atoms with van der Waals surface area (Å²) in [4.78, 5) is 45.6. The average Bonchev–Trinajstić information content (AvgIpc) is 3.60.